The molecule has 198 valence electrons. The summed E-state index contributed by atoms with van der Waals surface area (Å²) in [6.45, 7) is 2.61. The second-order valence-electron chi connectivity index (χ2n) is 9.34. The van der Waals surface area contributed by atoms with Crippen molar-refractivity contribution in [3.63, 3.8) is 0 Å². The van der Waals surface area contributed by atoms with Gasteiger partial charge in [-0.05, 0) is 73.2 Å². The van der Waals surface area contributed by atoms with Crippen molar-refractivity contribution in [3.8, 4) is 17.1 Å². The fourth-order valence-corrected chi connectivity index (χ4v) is 5.39. The second kappa shape index (κ2) is 10.4. The quantitative estimate of drug-likeness (QED) is 0.224. The largest absolute Gasteiger partial charge is 0.494 e. The van der Waals surface area contributed by atoms with Crippen molar-refractivity contribution in [2.75, 3.05) is 16.6 Å². The Morgan fingerprint density at radius 1 is 0.872 bits per heavy atom. The Kier molecular flexibility index (Phi) is 6.81. The summed E-state index contributed by atoms with van der Waals surface area (Å²) >= 11 is 12.6. The lowest BCUT2D eigenvalue weighted by Gasteiger charge is -2.27. The molecule has 7 nitrogen and oxygen atoms in total. The number of hydroxylamine groups is 1. The van der Waals surface area contributed by atoms with Gasteiger partial charge in [-0.25, -0.2) is 9.96 Å². The standard InChI is InChI=1S/C30H24Cl2N2O5/c1-2-16-37-21-11-9-19(10-12-21)33-29(35)26-27(34(39-28(26)30(33)36)20-6-4-3-5-7-20)25-15-14-24(38-25)22-17-18(31)8-13-23(22)32/h3-15,17,26-28H,2,16H2,1H3/t26-,27-,28+/m0/s1. The smallest absolute Gasteiger partial charge is 0.266 e. The first kappa shape index (κ1) is 25.5. The maximum Gasteiger partial charge on any atom is 0.266 e. The summed E-state index contributed by atoms with van der Waals surface area (Å²) in [5.74, 6) is -0.00157. The predicted octanol–water partition coefficient (Wildman–Crippen LogP) is 7.09. The molecule has 0 spiro atoms. The molecule has 2 saturated heterocycles. The highest BCUT2D eigenvalue weighted by Gasteiger charge is 2.61. The third-order valence-electron chi connectivity index (χ3n) is 6.81. The summed E-state index contributed by atoms with van der Waals surface area (Å²) in [6.07, 6.45) is -0.134. The number of carbonyl (C=O) groups excluding carboxylic acids is 2. The van der Waals surface area contributed by atoms with Crippen molar-refractivity contribution >= 4 is 46.4 Å². The van der Waals surface area contributed by atoms with Crippen LogP contribution in [0, 0.1) is 5.92 Å². The Morgan fingerprint density at radius 3 is 2.38 bits per heavy atom. The van der Waals surface area contributed by atoms with Gasteiger partial charge >= 0.3 is 0 Å². The molecular formula is C30H24Cl2N2O5. The maximum absolute atomic E-state index is 13.9. The van der Waals surface area contributed by atoms with E-state index in [1.54, 1.807) is 59.7 Å². The van der Waals surface area contributed by atoms with Crippen molar-refractivity contribution < 1.29 is 23.6 Å². The zero-order valence-corrected chi connectivity index (χ0v) is 22.4. The van der Waals surface area contributed by atoms with Crippen LogP contribution in [0.4, 0.5) is 11.4 Å². The molecule has 9 heteroatoms. The van der Waals surface area contributed by atoms with Crippen molar-refractivity contribution in [3.05, 3.63) is 101 Å². The molecule has 2 amide bonds. The summed E-state index contributed by atoms with van der Waals surface area (Å²) in [5, 5.41) is 2.58. The summed E-state index contributed by atoms with van der Waals surface area (Å²) in [5.41, 5.74) is 1.78. The van der Waals surface area contributed by atoms with E-state index in [1.807, 2.05) is 37.3 Å². The first-order valence-corrected chi connectivity index (χ1v) is 13.4. The topological polar surface area (TPSA) is 72.2 Å². The van der Waals surface area contributed by atoms with Crippen LogP contribution in [0.2, 0.25) is 10.0 Å². The van der Waals surface area contributed by atoms with Crippen molar-refractivity contribution in [2.45, 2.75) is 25.5 Å². The number of furan rings is 1. The monoisotopic (exact) mass is 562 g/mol. The molecule has 3 heterocycles. The van der Waals surface area contributed by atoms with Gasteiger partial charge in [-0.2, -0.15) is 0 Å². The molecule has 3 aromatic carbocycles. The van der Waals surface area contributed by atoms with Crippen LogP contribution in [0.1, 0.15) is 25.1 Å². The number of carbonyl (C=O) groups is 2. The van der Waals surface area contributed by atoms with Crippen LogP contribution in [0.3, 0.4) is 0 Å². The van der Waals surface area contributed by atoms with Crippen LogP contribution >= 0.6 is 23.2 Å². The van der Waals surface area contributed by atoms with Gasteiger partial charge in [-0.15, -0.1) is 0 Å². The Balaban J connectivity index is 1.37. The van der Waals surface area contributed by atoms with Crippen LogP contribution in [-0.2, 0) is 14.4 Å². The molecule has 2 aliphatic rings. The number of ether oxygens (including phenoxy) is 1. The van der Waals surface area contributed by atoms with Gasteiger partial charge in [0.1, 0.15) is 29.2 Å². The number of anilines is 2. The van der Waals surface area contributed by atoms with E-state index in [0.717, 1.165) is 6.42 Å². The van der Waals surface area contributed by atoms with Crippen molar-refractivity contribution in [2.24, 2.45) is 5.92 Å². The molecule has 2 aliphatic heterocycles. The zero-order valence-electron chi connectivity index (χ0n) is 20.9. The minimum Gasteiger partial charge on any atom is -0.494 e. The molecule has 4 aromatic rings. The molecule has 6 rings (SSSR count). The van der Waals surface area contributed by atoms with E-state index in [1.165, 1.54) is 4.90 Å². The van der Waals surface area contributed by atoms with E-state index in [4.69, 9.17) is 37.2 Å². The number of hydrogen-bond donors (Lipinski definition) is 0. The maximum atomic E-state index is 13.9. The lowest BCUT2D eigenvalue weighted by molar-refractivity contribution is -0.126. The van der Waals surface area contributed by atoms with E-state index in [9.17, 15) is 9.59 Å². The SMILES string of the molecule is CCCOc1ccc(N2C(=O)[C@@H]3[C@@H](ON(c4ccccc4)[C@H]3c3ccc(-c4cc(Cl)ccc4Cl)o3)C2=O)cc1. The van der Waals surface area contributed by atoms with Gasteiger partial charge in [0, 0.05) is 10.6 Å². The first-order valence-electron chi connectivity index (χ1n) is 12.6. The number of amides is 2. The number of nitrogens with zero attached hydrogens (tertiary/aromatic N) is 2. The zero-order chi connectivity index (χ0) is 27.1. The number of imide groups is 1. The van der Waals surface area contributed by atoms with E-state index >= 15 is 0 Å². The summed E-state index contributed by atoms with van der Waals surface area (Å²) < 4.78 is 11.9. The van der Waals surface area contributed by atoms with Crippen LogP contribution in [0.25, 0.3) is 11.3 Å². The van der Waals surface area contributed by atoms with Gasteiger partial charge in [0.2, 0.25) is 5.91 Å². The fraction of sp³-hybridized carbons (Fsp3) is 0.200. The Labute approximate surface area is 235 Å². The molecule has 0 N–H and O–H groups in total. The van der Waals surface area contributed by atoms with E-state index in [2.05, 4.69) is 0 Å². The van der Waals surface area contributed by atoms with Gasteiger partial charge < -0.3 is 9.15 Å². The third-order valence-corrected chi connectivity index (χ3v) is 7.37. The predicted molar refractivity (Wildman–Crippen MR) is 149 cm³/mol. The number of benzene rings is 3. The molecule has 0 bridgehead atoms. The molecule has 0 unspecified atom stereocenters. The van der Waals surface area contributed by atoms with E-state index in [0.29, 0.717) is 50.9 Å². The second-order valence-corrected chi connectivity index (χ2v) is 10.2. The van der Waals surface area contributed by atoms with Gasteiger partial charge in [0.25, 0.3) is 5.91 Å². The number of rotatable bonds is 7. The molecule has 0 saturated carbocycles. The number of halogens is 2. The summed E-state index contributed by atoms with van der Waals surface area (Å²) in [7, 11) is 0. The van der Waals surface area contributed by atoms with E-state index in [-0.39, 0.29) is 5.91 Å². The van der Waals surface area contributed by atoms with Gasteiger partial charge in [-0.1, -0.05) is 48.3 Å². The Bertz CT molecular complexity index is 1520. The highest BCUT2D eigenvalue weighted by atomic mass is 35.5. The van der Waals surface area contributed by atoms with Crippen molar-refractivity contribution in [1.82, 2.24) is 0 Å². The highest BCUT2D eigenvalue weighted by Crippen LogP contribution is 2.48. The van der Waals surface area contributed by atoms with Gasteiger partial charge in [-0.3, -0.25) is 14.4 Å². The molecular weight excluding hydrogens is 539 g/mol. The molecule has 1 aromatic heterocycles. The Hall–Kier alpha value is -3.78. The fourth-order valence-electron chi connectivity index (χ4n) is 5.01. The number of fused-ring (bicyclic) bond motifs is 1. The van der Waals surface area contributed by atoms with Crippen LogP contribution < -0.4 is 14.7 Å². The van der Waals surface area contributed by atoms with Gasteiger partial charge in [0.15, 0.2) is 6.10 Å². The van der Waals surface area contributed by atoms with Crippen LogP contribution in [0.5, 0.6) is 5.75 Å². The summed E-state index contributed by atoms with van der Waals surface area (Å²) in [6, 6.07) is 24.2. The summed E-state index contributed by atoms with van der Waals surface area (Å²) in [4.78, 5) is 34.8. The lowest BCUT2D eigenvalue weighted by Crippen LogP contribution is -2.37. The normalized spacial score (nSPS) is 20.5. The minimum atomic E-state index is -1.01. The number of hydrogen-bond acceptors (Lipinski definition) is 6. The molecule has 0 aliphatic carbocycles. The number of para-hydroxylation sites is 1. The average molecular weight is 563 g/mol. The van der Waals surface area contributed by atoms with E-state index < -0.39 is 24.0 Å². The average Bonchev–Trinajstić information content (AvgIpc) is 3.65. The molecule has 3 atom stereocenters. The van der Waals surface area contributed by atoms with Crippen molar-refractivity contribution in [1.29, 1.82) is 0 Å². The highest BCUT2D eigenvalue weighted by molar-refractivity contribution is 6.35. The minimum absolute atomic E-state index is 0.366. The lowest BCUT2D eigenvalue weighted by atomic mass is 9.94. The third kappa shape index (κ3) is 4.56. The molecule has 0 radical (unpaired) electrons. The molecule has 39 heavy (non-hydrogen) atoms. The first-order chi connectivity index (χ1) is 19.0. The molecule has 2 fully saturated rings. The van der Waals surface area contributed by atoms with Crippen LogP contribution in [-0.4, -0.2) is 24.5 Å². The Morgan fingerprint density at radius 2 is 1.64 bits per heavy atom. The van der Waals surface area contributed by atoms with Gasteiger partial charge in [0.05, 0.1) is 23.0 Å². The van der Waals surface area contributed by atoms with Crippen LogP contribution in [0.15, 0.2) is 89.3 Å².